The molecule has 41 heavy (non-hydrogen) atoms. The molecule has 2 amide bonds. The fourth-order valence-electron chi connectivity index (χ4n) is 4.86. The van der Waals surface area contributed by atoms with Gasteiger partial charge in [0.1, 0.15) is 5.84 Å². The average Bonchev–Trinajstić information content (AvgIpc) is 2.99. The molecule has 0 saturated heterocycles. The number of nitrogen functional groups attached to an aromatic ring is 1. The molecule has 0 aromatic heterocycles. The number of rotatable bonds is 12. The van der Waals surface area contributed by atoms with Crippen molar-refractivity contribution in [2.75, 3.05) is 6.61 Å². The maximum Gasteiger partial charge on any atom is 0.251 e. The van der Waals surface area contributed by atoms with Gasteiger partial charge in [-0.3, -0.25) is 15.0 Å². The summed E-state index contributed by atoms with van der Waals surface area (Å²) in [5.74, 6) is -0.561. The molecule has 0 saturated carbocycles. The summed E-state index contributed by atoms with van der Waals surface area (Å²) >= 11 is 0. The number of amides is 2. The van der Waals surface area contributed by atoms with Gasteiger partial charge in [-0.2, -0.15) is 0 Å². The van der Waals surface area contributed by atoms with Crippen molar-refractivity contribution in [3.8, 4) is 11.1 Å². The summed E-state index contributed by atoms with van der Waals surface area (Å²) in [5.41, 5.74) is 11.8. The van der Waals surface area contributed by atoms with Gasteiger partial charge in [0.25, 0.3) is 5.91 Å². The molecule has 6 N–H and O–H groups in total. The zero-order valence-corrected chi connectivity index (χ0v) is 23.1. The van der Waals surface area contributed by atoms with Gasteiger partial charge in [0.2, 0.25) is 5.91 Å². The lowest BCUT2D eigenvalue weighted by Crippen LogP contribution is -2.44. The van der Waals surface area contributed by atoms with Crippen LogP contribution in [0, 0.1) is 11.3 Å². The number of carbonyl (C=O) groups excluding carboxylic acids is 2. The maximum absolute atomic E-state index is 13.4. The fourth-order valence-corrected chi connectivity index (χ4v) is 4.86. The third-order valence-corrected chi connectivity index (χ3v) is 7.10. The highest BCUT2D eigenvalue weighted by Gasteiger charge is 2.24. The van der Waals surface area contributed by atoms with Crippen LogP contribution in [0.3, 0.4) is 0 Å². The second-order valence-electron chi connectivity index (χ2n) is 10.2. The molecule has 2 unspecified atom stereocenters. The van der Waals surface area contributed by atoms with Crippen molar-refractivity contribution >= 4 is 17.6 Å². The Morgan fingerprint density at radius 1 is 0.780 bits per heavy atom. The van der Waals surface area contributed by atoms with Crippen LogP contribution >= 0.6 is 0 Å². The van der Waals surface area contributed by atoms with Crippen LogP contribution < -0.4 is 16.4 Å². The molecule has 4 rings (SSSR count). The first kappa shape index (κ1) is 29.2. The van der Waals surface area contributed by atoms with E-state index in [0.29, 0.717) is 30.5 Å². The van der Waals surface area contributed by atoms with Crippen molar-refractivity contribution in [2.45, 2.75) is 32.4 Å². The summed E-state index contributed by atoms with van der Waals surface area (Å²) in [5, 5.41) is 24.2. The standard InChI is InChI=1S/C34H36N4O3/c1-23(40)37-21-26-10-6-11-29(19-26)27-13-15-28(16-14-27)34(41)38-32(20-24-7-3-2-4-8-24)31(22-39)18-25-9-5-12-30(17-25)33(35)36/h2-17,19,31-32,39H,18,20-22H2,1H3,(H3,35,36)(H,37,40)(H,38,41). The quantitative estimate of drug-likeness (QED) is 0.132. The third kappa shape index (κ3) is 8.37. The zero-order chi connectivity index (χ0) is 29.2. The van der Waals surface area contributed by atoms with Gasteiger partial charge in [-0.1, -0.05) is 78.9 Å². The summed E-state index contributed by atoms with van der Waals surface area (Å²) in [6.45, 7) is 1.83. The molecule has 0 aliphatic heterocycles. The van der Waals surface area contributed by atoms with E-state index in [-0.39, 0.29) is 36.2 Å². The van der Waals surface area contributed by atoms with E-state index in [1.807, 2.05) is 84.9 Å². The Morgan fingerprint density at radius 2 is 1.46 bits per heavy atom. The Labute approximate surface area is 240 Å². The largest absolute Gasteiger partial charge is 0.396 e. The molecule has 4 aromatic rings. The third-order valence-electron chi connectivity index (χ3n) is 7.10. The summed E-state index contributed by atoms with van der Waals surface area (Å²) in [4.78, 5) is 24.7. The normalized spacial score (nSPS) is 12.2. The average molecular weight is 549 g/mol. The van der Waals surface area contributed by atoms with Crippen LogP contribution in [0.1, 0.15) is 39.5 Å². The molecule has 0 aliphatic carbocycles. The predicted octanol–water partition coefficient (Wildman–Crippen LogP) is 4.47. The monoisotopic (exact) mass is 548 g/mol. The minimum Gasteiger partial charge on any atom is -0.396 e. The number of hydrogen-bond donors (Lipinski definition) is 5. The van der Waals surface area contributed by atoms with Crippen LogP contribution in [-0.4, -0.2) is 35.4 Å². The smallest absolute Gasteiger partial charge is 0.251 e. The van der Waals surface area contributed by atoms with Crippen molar-refractivity contribution in [2.24, 2.45) is 11.7 Å². The molecule has 0 radical (unpaired) electrons. The van der Waals surface area contributed by atoms with Gasteiger partial charge in [-0.25, -0.2) is 0 Å². The molecular formula is C34H36N4O3. The molecule has 0 bridgehead atoms. The molecule has 7 nitrogen and oxygen atoms in total. The number of hydrogen-bond acceptors (Lipinski definition) is 4. The summed E-state index contributed by atoms with van der Waals surface area (Å²) < 4.78 is 0. The topological polar surface area (TPSA) is 128 Å². The second kappa shape index (κ2) is 14.1. The van der Waals surface area contributed by atoms with E-state index in [9.17, 15) is 14.7 Å². The number of aliphatic hydroxyl groups is 1. The SMILES string of the molecule is CC(=O)NCc1cccc(-c2ccc(C(=O)NC(Cc3ccccc3)C(CO)Cc3cccc(C(=N)N)c3)cc2)c1. The van der Waals surface area contributed by atoms with Crippen molar-refractivity contribution < 1.29 is 14.7 Å². The number of carbonyl (C=O) groups is 2. The first-order valence-corrected chi connectivity index (χ1v) is 13.6. The van der Waals surface area contributed by atoms with Crippen molar-refractivity contribution in [1.82, 2.24) is 10.6 Å². The number of benzene rings is 4. The number of amidine groups is 1. The van der Waals surface area contributed by atoms with E-state index < -0.39 is 0 Å². The van der Waals surface area contributed by atoms with Gasteiger partial charge in [-0.15, -0.1) is 0 Å². The molecule has 210 valence electrons. The number of nitrogens with one attached hydrogen (secondary N) is 3. The number of aliphatic hydroxyl groups excluding tert-OH is 1. The van der Waals surface area contributed by atoms with E-state index in [4.69, 9.17) is 11.1 Å². The summed E-state index contributed by atoms with van der Waals surface area (Å²) in [6, 6.07) is 32.3. The van der Waals surface area contributed by atoms with Gasteiger partial charge < -0.3 is 21.5 Å². The minimum atomic E-state index is -0.332. The van der Waals surface area contributed by atoms with Gasteiger partial charge in [0.15, 0.2) is 0 Å². The van der Waals surface area contributed by atoms with Crippen LogP contribution in [0.4, 0.5) is 0 Å². The van der Waals surface area contributed by atoms with Crippen LogP contribution in [0.5, 0.6) is 0 Å². The Hall–Kier alpha value is -4.75. The highest BCUT2D eigenvalue weighted by atomic mass is 16.3. The maximum atomic E-state index is 13.4. The lowest BCUT2D eigenvalue weighted by Gasteiger charge is -2.27. The van der Waals surface area contributed by atoms with Crippen LogP contribution in [-0.2, 0) is 24.2 Å². The van der Waals surface area contributed by atoms with Gasteiger partial charge in [-0.05, 0) is 64.9 Å². The molecule has 4 aromatic carbocycles. The lowest BCUT2D eigenvalue weighted by atomic mass is 9.88. The summed E-state index contributed by atoms with van der Waals surface area (Å²) in [6.07, 6.45) is 1.08. The first-order chi connectivity index (χ1) is 19.8. The Morgan fingerprint density at radius 3 is 2.15 bits per heavy atom. The van der Waals surface area contributed by atoms with Gasteiger partial charge in [0.05, 0.1) is 0 Å². The zero-order valence-electron chi connectivity index (χ0n) is 23.1. The van der Waals surface area contributed by atoms with Crippen LogP contribution in [0.2, 0.25) is 0 Å². The van der Waals surface area contributed by atoms with Crippen LogP contribution in [0.15, 0.2) is 103 Å². The molecular weight excluding hydrogens is 512 g/mol. The second-order valence-corrected chi connectivity index (χ2v) is 10.2. The molecule has 0 aliphatic rings. The minimum absolute atomic E-state index is 0.00978. The Bertz CT molecular complexity index is 1490. The van der Waals surface area contributed by atoms with E-state index in [2.05, 4.69) is 10.6 Å². The van der Waals surface area contributed by atoms with E-state index in [0.717, 1.165) is 27.8 Å². The van der Waals surface area contributed by atoms with E-state index in [1.165, 1.54) is 6.92 Å². The molecule has 7 heteroatoms. The van der Waals surface area contributed by atoms with Crippen LogP contribution in [0.25, 0.3) is 11.1 Å². The molecule has 2 atom stereocenters. The van der Waals surface area contributed by atoms with E-state index >= 15 is 0 Å². The van der Waals surface area contributed by atoms with Gasteiger partial charge in [0, 0.05) is 43.2 Å². The van der Waals surface area contributed by atoms with Crippen molar-refractivity contribution in [1.29, 1.82) is 5.41 Å². The molecule has 0 fully saturated rings. The lowest BCUT2D eigenvalue weighted by molar-refractivity contribution is -0.119. The fraction of sp³-hybridized carbons (Fsp3) is 0.206. The molecule has 0 spiro atoms. The highest BCUT2D eigenvalue weighted by molar-refractivity contribution is 5.95. The van der Waals surface area contributed by atoms with Crippen molar-refractivity contribution in [3.05, 3.63) is 131 Å². The van der Waals surface area contributed by atoms with Gasteiger partial charge >= 0.3 is 0 Å². The van der Waals surface area contributed by atoms with Crippen molar-refractivity contribution in [3.63, 3.8) is 0 Å². The van der Waals surface area contributed by atoms with E-state index in [1.54, 1.807) is 18.2 Å². The Kier molecular flexibility index (Phi) is 10.0. The first-order valence-electron chi connectivity index (χ1n) is 13.6. The molecule has 0 heterocycles. The summed E-state index contributed by atoms with van der Waals surface area (Å²) in [7, 11) is 0. The highest BCUT2D eigenvalue weighted by Crippen LogP contribution is 2.22. The number of nitrogens with two attached hydrogens (primary N) is 1. The predicted molar refractivity (Wildman–Crippen MR) is 163 cm³/mol. The Balaban J connectivity index is 1.52.